The average Bonchev–Trinajstić information content (AvgIpc) is 3.46. The van der Waals surface area contributed by atoms with Gasteiger partial charge in [0.1, 0.15) is 16.9 Å². The molecular weight excluding hydrogens is 612 g/mol. The first-order chi connectivity index (χ1) is 21.7. The second-order valence-electron chi connectivity index (χ2n) is 15.8. The van der Waals surface area contributed by atoms with Crippen molar-refractivity contribution in [2.45, 2.75) is 117 Å². The molecule has 1 aromatic carbocycles. The molecule has 12 nitrogen and oxygen atoms in total. The maximum absolute atomic E-state index is 14.4. The number of benzene rings is 1. The molecule has 2 saturated carbocycles. The number of hydrogen-bond donors (Lipinski definition) is 1. The normalized spacial score (nSPS) is 36.8. The van der Waals surface area contributed by atoms with E-state index in [-0.39, 0.29) is 35.3 Å². The molecule has 4 heterocycles. The van der Waals surface area contributed by atoms with Gasteiger partial charge in [-0.3, -0.25) is 9.59 Å². The Hall–Kier alpha value is -3.93. The molecule has 1 aromatic heterocycles. The monoisotopic (exact) mass is 652 g/mol. The zero-order valence-corrected chi connectivity index (χ0v) is 27.9. The van der Waals surface area contributed by atoms with Gasteiger partial charge in [-0.15, -0.1) is 0 Å². The summed E-state index contributed by atoms with van der Waals surface area (Å²) in [6.07, 6.45) is -1.47. The largest absolute Gasteiger partial charge is 0.483 e. The van der Waals surface area contributed by atoms with Crippen LogP contribution in [0.4, 0.5) is 0 Å². The van der Waals surface area contributed by atoms with E-state index in [9.17, 15) is 29.1 Å². The molecule has 7 rings (SSSR count). The summed E-state index contributed by atoms with van der Waals surface area (Å²) in [5, 5.41) is 10.1. The number of carbonyl (C=O) groups is 4. The minimum Gasteiger partial charge on any atom is -0.483 e. The molecular formula is C35H40O12. The van der Waals surface area contributed by atoms with Gasteiger partial charge in [0.05, 0.1) is 28.6 Å². The van der Waals surface area contributed by atoms with Crippen LogP contribution in [0.3, 0.4) is 0 Å². The second kappa shape index (κ2) is 9.15. The van der Waals surface area contributed by atoms with Gasteiger partial charge in [0.25, 0.3) is 0 Å². The molecule has 252 valence electrons. The highest BCUT2D eigenvalue weighted by Gasteiger charge is 2.78. The van der Waals surface area contributed by atoms with Crippen molar-refractivity contribution in [1.29, 1.82) is 0 Å². The number of carbonyl (C=O) groups excluding carboxylic acids is 4. The number of aliphatic hydroxyl groups excluding tert-OH is 1. The van der Waals surface area contributed by atoms with Crippen molar-refractivity contribution in [3.05, 3.63) is 39.7 Å². The molecule has 4 bridgehead atoms. The Kier molecular flexibility index (Phi) is 6.16. The third-order valence-corrected chi connectivity index (χ3v) is 13.1. The molecule has 0 radical (unpaired) electrons. The van der Waals surface area contributed by atoms with Crippen molar-refractivity contribution >= 4 is 34.8 Å². The van der Waals surface area contributed by atoms with Crippen LogP contribution in [0.5, 0.6) is 5.75 Å². The van der Waals surface area contributed by atoms with E-state index < -0.39 is 86.8 Å². The third kappa shape index (κ3) is 3.54. The van der Waals surface area contributed by atoms with E-state index in [4.69, 9.17) is 28.1 Å². The van der Waals surface area contributed by atoms with Crippen LogP contribution in [-0.2, 0) is 44.7 Å². The lowest BCUT2D eigenvalue weighted by Gasteiger charge is -2.45. The molecule has 3 aliphatic heterocycles. The first-order valence-corrected chi connectivity index (χ1v) is 16.0. The van der Waals surface area contributed by atoms with Gasteiger partial charge < -0.3 is 33.2 Å². The number of fused-ring (bicyclic) bond motifs is 7. The smallest absolute Gasteiger partial charge is 0.351 e. The van der Waals surface area contributed by atoms with E-state index in [0.717, 1.165) is 0 Å². The predicted molar refractivity (Wildman–Crippen MR) is 162 cm³/mol. The third-order valence-electron chi connectivity index (χ3n) is 13.1. The number of aliphatic hydroxyl groups is 1. The molecule has 5 aliphatic rings. The van der Waals surface area contributed by atoms with Crippen molar-refractivity contribution in [2.75, 3.05) is 0 Å². The Morgan fingerprint density at radius 2 is 1.32 bits per heavy atom. The van der Waals surface area contributed by atoms with Crippen molar-refractivity contribution in [3.63, 3.8) is 0 Å². The molecule has 6 atom stereocenters. The van der Waals surface area contributed by atoms with Gasteiger partial charge in [0, 0.05) is 16.2 Å². The number of rotatable bonds is 5. The van der Waals surface area contributed by atoms with Gasteiger partial charge >= 0.3 is 29.5 Å². The van der Waals surface area contributed by atoms with Gasteiger partial charge in [-0.1, -0.05) is 27.7 Å². The van der Waals surface area contributed by atoms with Gasteiger partial charge in [-0.25, -0.2) is 14.4 Å². The van der Waals surface area contributed by atoms with Crippen molar-refractivity contribution in [2.24, 2.45) is 21.7 Å². The lowest BCUT2D eigenvalue weighted by atomic mass is 9.66. The Balaban J connectivity index is 1.37. The van der Waals surface area contributed by atoms with E-state index in [1.165, 1.54) is 6.07 Å². The zero-order valence-electron chi connectivity index (χ0n) is 27.9. The van der Waals surface area contributed by atoms with Crippen LogP contribution < -0.4 is 10.4 Å². The average molecular weight is 653 g/mol. The number of esters is 4. The Labute approximate surface area is 271 Å². The van der Waals surface area contributed by atoms with Gasteiger partial charge in [0.2, 0.25) is 11.2 Å². The molecule has 0 amide bonds. The van der Waals surface area contributed by atoms with Crippen LogP contribution in [0.15, 0.2) is 27.4 Å². The number of hydrogen-bond acceptors (Lipinski definition) is 12. The van der Waals surface area contributed by atoms with Gasteiger partial charge in [-0.05, 0) is 71.6 Å². The lowest BCUT2D eigenvalue weighted by molar-refractivity contribution is -0.217. The fourth-order valence-electron chi connectivity index (χ4n) is 8.71. The maximum atomic E-state index is 14.4. The van der Waals surface area contributed by atoms with Crippen LogP contribution in [-0.4, -0.2) is 51.9 Å². The fraction of sp³-hybridized carbons (Fsp3) is 0.629. The molecule has 2 saturated heterocycles. The predicted octanol–water partition coefficient (Wildman–Crippen LogP) is 4.20. The molecule has 4 fully saturated rings. The summed E-state index contributed by atoms with van der Waals surface area (Å²) in [6.45, 7) is 13.5. The van der Waals surface area contributed by atoms with Crippen LogP contribution >= 0.6 is 0 Å². The molecule has 12 heteroatoms. The molecule has 1 N–H and O–H groups in total. The summed E-state index contributed by atoms with van der Waals surface area (Å²) >= 11 is 0. The van der Waals surface area contributed by atoms with Crippen LogP contribution in [0.25, 0.3) is 11.0 Å². The molecule has 0 unspecified atom stereocenters. The molecule has 2 aliphatic carbocycles. The second-order valence-corrected chi connectivity index (χ2v) is 15.8. The van der Waals surface area contributed by atoms with E-state index >= 15 is 0 Å². The van der Waals surface area contributed by atoms with E-state index in [0.29, 0.717) is 18.2 Å². The fourth-order valence-corrected chi connectivity index (χ4v) is 8.71. The highest BCUT2D eigenvalue weighted by Crippen LogP contribution is 2.67. The minimum atomic E-state index is -1.62. The van der Waals surface area contributed by atoms with Crippen molar-refractivity contribution in [3.8, 4) is 5.75 Å². The van der Waals surface area contributed by atoms with Crippen molar-refractivity contribution < 1.29 is 52.4 Å². The summed E-state index contributed by atoms with van der Waals surface area (Å²) in [7, 11) is 0. The molecule has 2 aromatic rings. The lowest BCUT2D eigenvalue weighted by Crippen LogP contribution is -2.57. The standard InChI is InChI=1S/C35H40O12/c1-29(2)23(44-28(41)35-14-12-33(8,26(39)47-35)31(35,5)6)22(43-27(40)34-13-11-32(7,25(38)46-34)30(34,3)4)20-19(45-29)10-9-17-15-18(16-36)24(37)42-21(17)20/h9-10,15,22-23,36H,11-14,16H2,1-8H3/t22-,23-,32+,33+,34-,35-/m1/s1. The van der Waals surface area contributed by atoms with E-state index in [1.54, 1.807) is 67.5 Å². The molecule has 47 heavy (non-hydrogen) atoms. The summed E-state index contributed by atoms with van der Waals surface area (Å²) < 4.78 is 36.3. The summed E-state index contributed by atoms with van der Waals surface area (Å²) in [5.41, 5.74) is -8.90. The number of ether oxygens (including phenoxy) is 5. The van der Waals surface area contributed by atoms with Crippen LogP contribution in [0.1, 0.15) is 98.3 Å². The SMILES string of the molecule is CC1(C)Oc2ccc3cc(CO)c(=O)oc3c2[C@@H](OC(=O)[C@@]23CC[C@@](C)(C(=O)O2)C3(C)C)[C@H]1OC(=O)[C@@]12CC[C@@](C)(C(=O)O1)C2(C)C. The zero-order chi connectivity index (χ0) is 34.3. The quantitative estimate of drug-likeness (QED) is 0.279. The molecule has 0 spiro atoms. The first-order valence-electron chi connectivity index (χ1n) is 16.0. The van der Waals surface area contributed by atoms with E-state index in [2.05, 4.69) is 0 Å². The minimum absolute atomic E-state index is 0.00900. The maximum Gasteiger partial charge on any atom is 0.351 e. The van der Waals surface area contributed by atoms with Crippen LogP contribution in [0, 0.1) is 21.7 Å². The highest BCUT2D eigenvalue weighted by molar-refractivity contribution is 5.95. The Bertz CT molecular complexity index is 1850. The highest BCUT2D eigenvalue weighted by atomic mass is 16.7. The van der Waals surface area contributed by atoms with E-state index in [1.807, 2.05) is 0 Å². The summed E-state index contributed by atoms with van der Waals surface area (Å²) in [4.78, 5) is 67.7. The Morgan fingerprint density at radius 1 is 0.787 bits per heavy atom. The van der Waals surface area contributed by atoms with Gasteiger partial charge in [0.15, 0.2) is 12.2 Å². The topological polar surface area (TPSA) is 165 Å². The summed E-state index contributed by atoms with van der Waals surface area (Å²) in [6, 6.07) is 4.72. The summed E-state index contributed by atoms with van der Waals surface area (Å²) in [5.74, 6) is -2.42. The van der Waals surface area contributed by atoms with Crippen molar-refractivity contribution in [1.82, 2.24) is 0 Å². The first kappa shape index (κ1) is 31.7. The Morgan fingerprint density at radius 3 is 1.79 bits per heavy atom. The van der Waals surface area contributed by atoms with Gasteiger partial charge in [-0.2, -0.15) is 0 Å². The van der Waals surface area contributed by atoms with Crippen LogP contribution in [0.2, 0.25) is 0 Å².